The molecule has 0 aromatic carbocycles. The Morgan fingerprint density at radius 1 is 0.926 bits per heavy atom. The van der Waals surface area contributed by atoms with Crippen LogP contribution in [-0.4, -0.2) is 47.5 Å². The molecule has 13 heteroatoms. The van der Waals surface area contributed by atoms with Crippen LogP contribution in [0, 0.1) is 7.40 Å². The van der Waals surface area contributed by atoms with Gasteiger partial charge < -0.3 is 10.4 Å². The van der Waals surface area contributed by atoms with Crippen LogP contribution in [0.4, 0.5) is 5.69 Å². The monoisotopic (exact) mass is 783 g/mol. The summed E-state index contributed by atoms with van der Waals surface area (Å²) in [4.78, 5) is 8.42. The number of halogens is 5. The van der Waals surface area contributed by atoms with Crippen molar-refractivity contribution in [2.24, 2.45) is 0 Å². The van der Waals surface area contributed by atoms with Gasteiger partial charge in [-0.05, 0) is 105 Å². The minimum absolute atomic E-state index is 0.0872. The van der Waals surface area contributed by atoms with Gasteiger partial charge in [-0.1, -0.05) is 0 Å². The van der Waals surface area contributed by atoms with Crippen LogP contribution in [0.25, 0.3) is 11.3 Å². The molecular weight excluding hydrogens is 776 g/mol. The van der Waals surface area contributed by atoms with E-state index in [1.165, 1.54) is 0 Å². The summed E-state index contributed by atoms with van der Waals surface area (Å²) in [6.45, 7) is 0.583. The molecule has 27 heavy (non-hydrogen) atoms. The van der Waals surface area contributed by atoms with E-state index >= 15 is 0 Å². The highest BCUT2D eigenvalue weighted by molar-refractivity contribution is 14.1. The lowest BCUT2D eigenvalue weighted by Crippen LogP contribution is -2.08. The summed E-state index contributed by atoms with van der Waals surface area (Å²) in [5.41, 5.74) is 2.45. The predicted molar refractivity (Wildman–Crippen MR) is 130 cm³/mol. The highest BCUT2D eigenvalue weighted by atomic mass is 127. The molecule has 4 rings (SSSR count). The summed E-state index contributed by atoms with van der Waals surface area (Å²) in [7, 11) is 0. The van der Waals surface area contributed by atoms with E-state index in [9.17, 15) is 0 Å². The van der Waals surface area contributed by atoms with Crippen molar-refractivity contribution in [2.45, 2.75) is 0 Å². The predicted octanol–water partition coefficient (Wildman–Crippen LogP) is 4.36. The minimum Gasteiger partial charge on any atom is -0.395 e. The van der Waals surface area contributed by atoms with Gasteiger partial charge in [-0.25, -0.2) is 19.0 Å². The van der Waals surface area contributed by atoms with Crippen LogP contribution in [0.1, 0.15) is 0 Å². The van der Waals surface area contributed by atoms with Gasteiger partial charge in [0, 0.05) is 6.54 Å². The number of aromatic nitrogens is 6. The lowest BCUT2D eigenvalue weighted by atomic mass is 10.4. The summed E-state index contributed by atoms with van der Waals surface area (Å²) in [6.07, 6.45) is 3.53. The van der Waals surface area contributed by atoms with Gasteiger partial charge in [-0.15, -0.1) is 0 Å². The summed E-state index contributed by atoms with van der Waals surface area (Å²) < 4.78 is 7.90. The molecule has 142 valence electrons. The average molecular weight is 786 g/mol. The van der Waals surface area contributed by atoms with E-state index in [4.69, 9.17) is 5.11 Å². The lowest BCUT2D eigenvalue weighted by molar-refractivity contribution is 0.311. The lowest BCUT2D eigenvalue weighted by Gasteiger charge is -2.06. The third-order valence-corrected chi connectivity index (χ3v) is 6.00. The van der Waals surface area contributed by atoms with E-state index in [1.807, 2.05) is 12.1 Å². The Labute approximate surface area is 206 Å². The van der Waals surface area contributed by atoms with Crippen molar-refractivity contribution in [3.05, 3.63) is 45.6 Å². The molecule has 4 aromatic rings. The van der Waals surface area contributed by atoms with E-state index in [1.54, 1.807) is 21.4 Å². The normalized spacial score (nSPS) is 10.9. The van der Waals surface area contributed by atoms with Crippen LogP contribution in [0.5, 0.6) is 0 Å². The number of fused-ring (bicyclic) bond motifs is 2. The molecule has 0 fully saturated rings. The molecular formula is C14H10Br3I2N7O. The third-order valence-electron chi connectivity index (χ3n) is 3.17. The number of rotatable bonds is 3. The molecule has 0 saturated carbocycles. The Morgan fingerprint density at radius 2 is 1.48 bits per heavy atom. The molecule has 0 spiro atoms. The molecule has 0 amide bonds. The Bertz CT molecular complexity index is 1100. The van der Waals surface area contributed by atoms with Crippen LogP contribution in [0.3, 0.4) is 0 Å². The topological polar surface area (TPSA) is 92.6 Å². The molecule has 0 radical (unpaired) electrons. The van der Waals surface area contributed by atoms with E-state index in [-0.39, 0.29) is 6.61 Å². The first-order chi connectivity index (χ1) is 12.9. The van der Waals surface area contributed by atoms with Crippen LogP contribution in [-0.2, 0) is 0 Å². The quantitative estimate of drug-likeness (QED) is 0.301. The van der Waals surface area contributed by atoms with Crippen LogP contribution in [0.15, 0.2) is 38.2 Å². The average Bonchev–Trinajstić information content (AvgIpc) is 3.17. The molecule has 4 aromatic heterocycles. The summed E-state index contributed by atoms with van der Waals surface area (Å²) in [5, 5.41) is 20.3. The molecule has 2 N–H and O–H groups in total. The number of aliphatic hydroxyl groups excluding tert-OH is 1. The Morgan fingerprint density at radius 3 is 2.11 bits per heavy atom. The third kappa shape index (κ3) is 5.09. The molecule has 4 heterocycles. The van der Waals surface area contributed by atoms with Crippen LogP contribution >= 0.6 is 93.0 Å². The largest absolute Gasteiger partial charge is 0.395 e. The van der Waals surface area contributed by atoms with Gasteiger partial charge in [-0.3, -0.25) is 0 Å². The van der Waals surface area contributed by atoms with E-state index in [2.05, 4.69) is 118 Å². The summed E-state index contributed by atoms with van der Waals surface area (Å²) in [6, 6.07) is 3.71. The Balaban J connectivity index is 0.000000159. The zero-order chi connectivity index (χ0) is 19.6. The van der Waals surface area contributed by atoms with Gasteiger partial charge >= 0.3 is 0 Å². The fourth-order valence-corrected chi connectivity index (χ4v) is 4.63. The van der Waals surface area contributed by atoms with E-state index < -0.39 is 0 Å². The fourth-order valence-electron chi connectivity index (χ4n) is 2.11. The zero-order valence-corrected chi connectivity index (χ0v) is 22.3. The number of hydrogen-bond acceptors (Lipinski definition) is 6. The van der Waals surface area contributed by atoms with E-state index in [0.717, 1.165) is 38.1 Å². The van der Waals surface area contributed by atoms with Crippen molar-refractivity contribution in [1.82, 2.24) is 29.2 Å². The maximum absolute atomic E-state index is 8.76. The maximum atomic E-state index is 8.76. The standard InChI is InChI=1S/C8H8BrIN4O.C6H2Br2IN3/c9-6-3-5(11-1-2-15)8-12-4-7(10)14(8)13-6;7-3-1-4(8)11-12-5(9)2-10-6(3)12/h3-4,11,15H,1-2H2;1-2H. The van der Waals surface area contributed by atoms with Crippen molar-refractivity contribution >= 4 is 110 Å². The zero-order valence-electron chi connectivity index (χ0n) is 13.2. The molecule has 0 aliphatic heterocycles. The first-order valence-electron chi connectivity index (χ1n) is 7.30. The number of hydrogen-bond donors (Lipinski definition) is 2. The van der Waals surface area contributed by atoms with Gasteiger partial charge in [-0.2, -0.15) is 10.2 Å². The SMILES string of the molecule is Brc1cc(Br)c2ncc(I)n2n1.OCCNc1cc(Br)nn2c(I)cnc12. The van der Waals surface area contributed by atoms with Crippen LogP contribution < -0.4 is 5.32 Å². The molecule has 0 bridgehead atoms. The second-order valence-corrected chi connectivity index (χ2v) is 9.67. The number of imidazole rings is 2. The number of nitrogens with zero attached hydrogens (tertiary/aromatic N) is 6. The fraction of sp³-hybridized carbons (Fsp3) is 0.143. The summed E-state index contributed by atoms with van der Waals surface area (Å²) >= 11 is 14.4. The van der Waals surface area contributed by atoms with Gasteiger partial charge in [0.15, 0.2) is 11.3 Å². The van der Waals surface area contributed by atoms with Gasteiger partial charge in [0.1, 0.15) is 16.6 Å². The Hall–Kier alpha value is -0.100. The first-order valence-corrected chi connectivity index (χ1v) is 11.8. The highest BCUT2D eigenvalue weighted by Crippen LogP contribution is 2.22. The van der Waals surface area contributed by atoms with Gasteiger partial charge in [0.05, 0.1) is 29.2 Å². The first kappa shape index (κ1) is 21.6. The van der Waals surface area contributed by atoms with Crippen molar-refractivity contribution < 1.29 is 5.11 Å². The van der Waals surface area contributed by atoms with Crippen LogP contribution in [0.2, 0.25) is 0 Å². The van der Waals surface area contributed by atoms with Gasteiger partial charge in [0.2, 0.25) is 0 Å². The van der Waals surface area contributed by atoms with Crippen molar-refractivity contribution in [2.75, 3.05) is 18.5 Å². The molecule has 0 aliphatic carbocycles. The molecule has 0 atom stereocenters. The second kappa shape index (κ2) is 9.60. The Kier molecular flexibility index (Phi) is 7.68. The molecule has 0 aliphatic rings. The van der Waals surface area contributed by atoms with Crippen molar-refractivity contribution in [1.29, 1.82) is 0 Å². The van der Waals surface area contributed by atoms with Gasteiger partial charge in [0.25, 0.3) is 0 Å². The van der Waals surface area contributed by atoms with E-state index in [0.29, 0.717) is 6.54 Å². The number of anilines is 1. The smallest absolute Gasteiger partial charge is 0.178 e. The number of aliphatic hydroxyl groups is 1. The molecule has 0 saturated heterocycles. The minimum atomic E-state index is 0.0872. The molecule has 8 nitrogen and oxygen atoms in total. The second-order valence-electron chi connectivity index (χ2n) is 4.98. The van der Waals surface area contributed by atoms with Crippen molar-refractivity contribution in [3.8, 4) is 0 Å². The number of nitrogens with one attached hydrogen (secondary N) is 1. The maximum Gasteiger partial charge on any atom is 0.178 e. The highest BCUT2D eigenvalue weighted by Gasteiger charge is 2.08. The van der Waals surface area contributed by atoms with Crippen molar-refractivity contribution in [3.63, 3.8) is 0 Å². The molecule has 0 unspecified atom stereocenters. The summed E-state index contributed by atoms with van der Waals surface area (Å²) in [5.74, 6) is 0.